The minimum absolute atomic E-state index is 0.168. The van der Waals surface area contributed by atoms with Gasteiger partial charge >= 0.3 is 0 Å². The number of benzene rings is 1. The highest BCUT2D eigenvalue weighted by Crippen LogP contribution is 2.29. The molecule has 0 spiro atoms. The number of hydrogen-bond acceptors (Lipinski definition) is 3. The van der Waals surface area contributed by atoms with E-state index in [-0.39, 0.29) is 6.04 Å². The maximum Gasteiger partial charge on any atom is 0.137 e. The molecule has 1 aromatic carbocycles. The summed E-state index contributed by atoms with van der Waals surface area (Å²) in [4.78, 5) is 0. The summed E-state index contributed by atoms with van der Waals surface area (Å²) in [5.74, 6) is 0.664. The lowest BCUT2D eigenvalue weighted by Crippen LogP contribution is -2.21. The Morgan fingerprint density at radius 3 is 2.64 bits per heavy atom. The van der Waals surface area contributed by atoms with Crippen molar-refractivity contribution in [2.45, 2.75) is 13.0 Å². The molecule has 3 nitrogen and oxygen atoms in total. The van der Waals surface area contributed by atoms with Crippen LogP contribution in [-0.2, 0) is 0 Å². The van der Waals surface area contributed by atoms with E-state index in [1.165, 1.54) is 0 Å². The Bertz CT molecular complexity index is 328. The predicted octanol–water partition coefficient (Wildman–Crippen LogP) is 1.62. The lowest BCUT2D eigenvalue weighted by Gasteiger charge is -2.14. The van der Waals surface area contributed by atoms with E-state index in [2.05, 4.69) is 0 Å². The fourth-order valence-electron chi connectivity index (χ4n) is 1.35. The van der Waals surface area contributed by atoms with Gasteiger partial charge in [0.05, 0.1) is 12.1 Å². The van der Waals surface area contributed by atoms with Gasteiger partial charge in [-0.2, -0.15) is 0 Å². The van der Waals surface area contributed by atoms with Gasteiger partial charge in [0.25, 0.3) is 0 Å². The van der Waals surface area contributed by atoms with Gasteiger partial charge in [0.15, 0.2) is 0 Å². The molecule has 0 fully saturated rings. The molecule has 0 aromatic heterocycles. The van der Waals surface area contributed by atoms with E-state index in [4.69, 9.17) is 27.8 Å². The standard InChI is InChI=1S/C10H15ClN2O/c1-6-3-10(14-2)8(11)4-7(6)9(13)5-12/h3-4,9H,5,12-13H2,1-2H3. The fraction of sp³-hybridized carbons (Fsp3) is 0.400. The molecule has 0 aliphatic rings. The third kappa shape index (κ3) is 2.18. The normalized spacial score (nSPS) is 12.6. The average molecular weight is 215 g/mol. The van der Waals surface area contributed by atoms with Gasteiger partial charge in [-0.15, -0.1) is 0 Å². The van der Waals surface area contributed by atoms with Crippen molar-refractivity contribution in [3.8, 4) is 5.75 Å². The van der Waals surface area contributed by atoms with Gasteiger partial charge < -0.3 is 16.2 Å². The molecule has 0 aliphatic heterocycles. The first-order valence-corrected chi connectivity index (χ1v) is 4.77. The molecule has 0 heterocycles. The summed E-state index contributed by atoms with van der Waals surface area (Å²) in [5, 5.41) is 0.567. The molecular formula is C10H15ClN2O. The molecule has 4 heteroatoms. The van der Waals surface area contributed by atoms with Crippen LogP contribution in [0.15, 0.2) is 12.1 Å². The monoisotopic (exact) mass is 214 g/mol. The molecule has 1 atom stereocenters. The van der Waals surface area contributed by atoms with Crippen molar-refractivity contribution in [1.29, 1.82) is 0 Å². The Kier molecular flexibility index (Phi) is 3.75. The lowest BCUT2D eigenvalue weighted by atomic mass is 10.0. The molecule has 78 valence electrons. The second kappa shape index (κ2) is 4.64. The summed E-state index contributed by atoms with van der Waals surface area (Å²) in [6.45, 7) is 2.37. The van der Waals surface area contributed by atoms with Crippen molar-refractivity contribution in [3.05, 3.63) is 28.3 Å². The summed E-state index contributed by atoms with van der Waals surface area (Å²) >= 11 is 5.98. The zero-order valence-corrected chi connectivity index (χ0v) is 9.14. The number of rotatable bonds is 3. The van der Waals surface area contributed by atoms with Crippen molar-refractivity contribution in [3.63, 3.8) is 0 Å². The number of aryl methyl sites for hydroxylation is 1. The zero-order valence-electron chi connectivity index (χ0n) is 8.38. The Hall–Kier alpha value is -0.770. The van der Waals surface area contributed by atoms with Crippen LogP contribution in [0.5, 0.6) is 5.75 Å². The highest BCUT2D eigenvalue weighted by Gasteiger charge is 2.11. The highest BCUT2D eigenvalue weighted by molar-refractivity contribution is 6.32. The Labute approximate surface area is 89.0 Å². The molecule has 0 amide bonds. The summed E-state index contributed by atoms with van der Waals surface area (Å²) in [5.41, 5.74) is 13.3. The molecule has 1 unspecified atom stereocenters. The van der Waals surface area contributed by atoms with Gasteiger partial charge in [0, 0.05) is 12.6 Å². The van der Waals surface area contributed by atoms with Crippen LogP contribution in [0.2, 0.25) is 5.02 Å². The third-order valence-corrected chi connectivity index (χ3v) is 2.49. The number of nitrogens with two attached hydrogens (primary N) is 2. The molecule has 1 rings (SSSR count). The smallest absolute Gasteiger partial charge is 0.137 e. The quantitative estimate of drug-likeness (QED) is 0.804. The molecule has 14 heavy (non-hydrogen) atoms. The first kappa shape index (κ1) is 11.3. The van der Waals surface area contributed by atoms with E-state index in [0.717, 1.165) is 11.1 Å². The molecule has 1 aromatic rings. The molecule has 0 saturated heterocycles. The highest BCUT2D eigenvalue weighted by atomic mass is 35.5. The van der Waals surface area contributed by atoms with Crippen LogP contribution in [0.4, 0.5) is 0 Å². The van der Waals surface area contributed by atoms with E-state index >= 15 is 0 Å². The van der Waals surface area contributed by atoms with Gasteiger partial charge in [-0.25, -0.2) is 0 Å². The van der Waals surface area contributed by atoms with E-state index in [1.54, 1.807) is 7.11 Å². The number of hydrogen-bond donors (Lipinski definition) is 2. The second-order valence-corrected chi connectivity index (χ2v) is 3.59. The molecular weight excluding hydrogens is 200 g/mol. The van der Waals surface area contributed by atoms with Gasteiger partial charge in [-0.05, 0) is 30.2 Å². The van der Waals surface area contributed by atoms with Crippen molar-refractivity contribution in [2.75, 3.05) is 13.7 Å². The summed E-state index contributed by atoms with van der Waals surface area (Å²) in [7, 11) is 1.59. The first-order valence-electron chi connectivity index (χ1n) is 4.39. The lowest BCUT2D eigenvalue weighted by molar-refractivity contribution is 0.414. The van der Waals surface area contributed by atoms with Crippen LogP contribution >= 0.6 is 11.6 Å². The van der Waals surface area contributed by atoms with Crippen LogP contribution < -0.4 is 16.2 Å². The predicted molar refractivity (Wildman–Crippen MR) is 58.7 cm³/mol. The molecule has 0 radical (unpaired) electrons. The molecule has 0 saturated carbocycles. The van der Waals surface area contributed by atoms with Crippen LogP contribution in [0.1, 0.15) is 17.2 Å². The van der Waals surface area contributed by atoms with Gasteiger partial charge in [-0.1, -0.05) is 11.6 Å². The maximum absolute atomic E-state index is 5.98. The topological polar surface area (TPSA) is 61.3 Å². The fourth-order valence-corrected chi connectivity index (χ4v) is 1.60. The van der Waals surface area contributed by atoms with E-state index in [1.807, 2.05) is 19.1 Å². The van der Waals surface area contributed by atoms with Gasteiger partial charge in [-0.3, -0.25) is 0 Å². The Balaban J connectivity index is 3.14. The first-order chi connectivity index (χ1) is 6.60. The second-order valence-electron chi connectivity index (χ2n) is 3.19. The van der Waals surface area contributed by atoms with Crippen molar-refractivity contribution >= 4 is 11.6 Å². The Morgan fingerprint density at radius 2 is 2.14 bits per heavy atom. The number of methoxy groups -OCH3 is 1. The maximum atomic E-state index is 5.98. The van der Waals surface area contributed by atoms with E-state index in [0.29, 0.717) is 17.3 Å². The molecule has 0 bridgehead atoms. The van der Waals surface area contributed by atoms with E-state index in [9.17, 15) is 0 Å². The van der Waals surface area contributed by atoms with Crippen molar-refractivity contribution in [2.24, 2.45) is 11.5 Å². The Morgan fingerprint density at radius 1 is 1.50 bits per heavy atom. The SMILES string of the molecule is COc1cc(C)c(C(N)CN)cc1Cl. The van der Waals surface area contributed by atoms with Gasteiger partial charge in [0.2, 0.25) is 0 Å². The average Bonchev–Trinajstić information content (AvgIpc) is 2.19. The summed E-state index contributed by atoms with van der Waals surface area (Å²) in [6.07, 6.45) is 0. The zero-order chi connectivity index (χ0) is 10.7. The van der Waals surface area contributed by atoms with Gasteiger partial charge in [0.1, 0.15) is 5.75 Å². The van der Waals surface area contributed by atoms with E-state index < -0.39 is 0 Å². The third-order valence-electron chi connectivity index (χ3n) is 2.19. The summed E-state index contributed by atoms with van der Waals surface area (Å²) < 4.78 is 5.09. The largest absolute Gasteiger partial charge is 0.495 e. The number of ether oxygens (including phenoxy) is 1. The summed E-state index contributed by atoms with van der Waals surface area (Å²) in [6, 6.07) is 3.51. The minimum atomic E-state index is -0.168. The van der Waals surface area contributed by atoms with Crippen LogP contribution in [-0.4, -0.2) is 13.7 Å². The van der Waals surface area contributed by atoms with Crippen LogP contribution in [0, 0.1) is 6.92 Å². The van der Waals surface area contributed by atoms with Crippen molar-refractivity contribution in [1.82, 2.24) is 0 Å². The molecule has 0 aliphatic carbocycles. The van der Waals surface area contributed by atoms with Crippen LogP contribution in [0.25, 0.3) is 0 Å². The molecule has 4 N–H and O–H groups in total. The number of halogens is 1. The minimum Gasteiger partial charge on any atom is -0.495 e. The van der Waals surface area contributed by atoms with Crippen molar-refractivity contribution < 1.29 is 4.74 Å². The van der Waals surface area contributed by atoms with Crippen LogP contribution in [0.3, 0.4) is 0 Å².